The predicted octanol–water partition coefficient (Wildman–Crippen LogP) is 3.64. The highest BCUT2D eigenvalue weighted by molar-refractivity contribution is 5.92. The third-order valence-electron chi connectivity index (χ3n) is 3.00. The molecule has 0 unspecified atom stereocenters. The van der Waals surface area contributed by atoms with E-state index < -0.39 is 5.97 Å². The molecule has 0 spiro atoms. The van der Waals surface area contributed by atoms with E-state index in [1.807, 2.05) is 0 Å². The number of esters is 1. The van der Waals surface area contributed by atoms with Gasteiger partial charge in [0.05, 0.1) is 23.5 Å². The summed E-state index contributed by atoms with van der Waals surface area (Å²) >= 11 is 0. The first-order valence-electron chi connectivity index (χ1n) is 6.61. The Morgan fingerprint density at radius 1 is 1.29 bits per heavy atom. The summed E-state index contributed by atoms with van der Waals surface area (Å²) in [6, 6.07) is 9.51. The van der Waals surface area contributed by atoms with Crippen molar-refractivity contribution < 1.29 is 13.9 Å². The number of nitrogens with one attached hydrogen (secondary N) is 1. The molecule has 0 bridgehead atoms. The van der Waals surface area contributed by atoms with Gasteiger partial charge < -0.3 is 15.8 Å². The van der Waals surface area contributed by atoms with E-state index in [2.05, 4.69) is 5.32 Å². The zero-order chi connectivity index (χ0) is 15.4. The Hall–Kier alpha value is -2.56. The number of carbonyl (C=O) groups excluding carboxylic acids is 1. The predicted molar refractivity (Wildman–Crippen MR) is 81.2 cm³/mol. The Labute approximate surface area is 122 Å². The fourth-order valence-electron chi connectivity index (χ4n) is 1.88. The number of rotatable bonds is 4. The van der Waals surface area contributed by atoms with Crippen LogP contribution in [0.25, 0.3) is 0 Å². The summed E-state index contributed by atoms with van der Waals surface area (Å²) in [4.78, 5) is 11.7. The van der Waals surface area contributed by atoms with Gasteiger partial charge in [0.25, 0.3) is 0 Å². The van der Waals surface area contributed by atoms with Crippen LogP contribution in [0, 0.1) is 12.7 Å². The third kappa shape index (κ3) is 3.51. The molecule has 2 aromatic carbocycles. The van der Waals surface area contributed by atoms with Gasteiger partial charge in [-0.25, -0.2) is 9.18 Å². The molecule has 0 aliphatic heterocycles. The number of nitrogens with two attached hydrogens (primary N) is 1. The molecule has 0 heterocycles. The molecule has 0 amide bonds. The van der Waals surface area contributed by atoms with Crippen molar-refractivity contribution in [2.75, 3.05) is 17.7 Å². The minimum atomic E-state index is -0.407. The largest absolute Gasteiger partial charge is 0.462 e. The Balaban J connectivity index is 2.28. The molecule has 0 aliphatic rings. The molecule has 0 saturated heterocycles. The summed E-state index contributed by atoms with van der Waals surface area (Å²) in [6.45, 7) is 3.73. The lowest BCUT2D eigenvalue weighted by Gasteiger charge is -2.12. The summed E-state index contributed by atoms with van der Waals surface area (Å²) < 4.78 is 18.2. The van der Waals surface area contributed by atoms with Crippen LogP contribution in [0.5, 0.6) is 0 Å². The molecule has 2 aromatic rings. The van der Waals surface area contributed by atoms with Gasteiger partial charge in [0.15, 0.2) is 0 Å². The van der Waals surface area contributed by atoms with E-state index in [-0.39, 0.29) is 5.82 Å². The molecular formula is C16H17FN2O2. The Morgan fingerprint density at radius 3 is 2.71 bits per heavy atom. The molecule has 0 radical (unpaired) electrons. The average Bonchev–Trinajstić information content (AvgIpc) is 2.45. The van der Waals surface area contributed by atoms with Gasteiger partial charge in [-0.15, -0.1) is 0 Å². The van der Waals surface area contributed by atoms with Crippen LogP contribution in [0.4, 0.5) is 21.5 Å². The van der Waals surface area contributed by atoms with Crippen molar-refractivity contribution in [2.24, 2.45) is 0 Å². The second-order valence-electron chi connectivity index (χ2n) is 4.61. The minimum Gasteiger partial charge on any atom is -0.462 e. The Bertz CT molecular complexity index is 671. The van der Waals surface area contributed by atoms with Gasteiger partial charge in [0.1, 0.15) is 5.82 Å². The Kier molecular flexibility index (Phi) is 4.42. The summed E-state index contributed by atoms with van der Waals surface area (Å²) in [7, 11) is 0. The van der Waals surface area contributed by atoms with Crippen molar-refractivity contribution in [3.63, 3.8) is 0 Å². The van der Waals surface area contributed by atoms with Crippen LogP contribution in [0.1, 0.15) is 22.8 Å². The number of aryl methyl sites for hydroxylation is 1. The van der Waals surface area contributed by atoms with Crippen LogP contribution in [0.15, 0.2) is 36.4 Å². The number of carbonyl (C=O) groups is 1. The first-order chi connectivity index (χ1) is 10.0. The smallest absolute Gasteiger partial charge is 0.338 e. The van der Waals surface area contributed by atoms with Gasteiger partial charge in [-0.2, -0.15) is 0 Å². The molecule has 0 aromatic heterocycles. The number of hydrogen-bond acceptors (Lipinski definition) is 4. The summed E-state index contributed by atoms with van der Waals surface area (Å²) in [5.41, 5.74) is 8.59. The van der Waals surface area contributed by atoms with E-state index in [0.29, 0.717) is 34.8 Å². The molecule has 0 fully saturated rings. The number of ether oxygens (including phenoxy) is 1. The van der Waals surface area contributed by atoms with Crippen molar-refractivity contribution >= 4 is 23.0 Å². The van der Waals surface area contributed by atoms with Crippen molar-refractivity contribution in [2.45, 2.75) is 13.8 Å². The van der Waals surface area contributed by atoms with Crippen LogP contribution >= 0.6 is 0 Å². The second-order valence-corrected chi connectivity index (χ2v) is 4.61. The topological polar surface area (TPSA) is 64.3 Å². The van der Waals surface area contributed by atoms with Crippen LogP contribution < -0.4 is 11.1 Å². The maximum absolute atomic E-state index is 13.3. The number of nitrogen functional groups attached to an aromatic ring is 1. The van der Waals surface area contributed by atoms with Crippen molar-refractivity contribution in [3.05, 3.63) is 53.3 Å². The first-order valence-corrected chi connectivity index (χ1v) is 6.61. The molecule has 0 aliphatic carbocycles. The molecule has 110 valence electrons. The van der Waals surface area contributed by atoms with E-state index in [9.17, 15) is 9.18 Å². The first kappa shape index (κ1) is 14.8. The number of anilines is 3. The highest BCUT2D eigenvalue weighted by Crippen LogP contribution is 2.25. The number of halogens is 1. The molecule has 5 heteroatoms. The van der Waals surface area contributed by atoms with Crippen LogP contribution in [-0.2, 0) is 4.74 Å². The van der Waals surface area contributed by atoms with E-state index in [0.717, 1.165) is 0 Å². The zero-order valence-electron chi connectivity index (χ0n) is 11.9. The van der Waals surface area contributed by atoms with E-state index in [4.69, 9.17) is 10.5 Å². The van der Waals surface area contributed by atoms with Gasteiger partial charge in [-0.3, -0.25) is 0 Å². The standard InChI is InChI=1S/C16H17FN2O2/c1-3-21-16(20)11-4-7-14(18)15(9-11)19-12-5-6-13(17)10(2)8-12/h4-9,19H,3,18H2,1-2H3. The van der Waals surface area contributed by atoms with E-state index >= 15 is 0 Å². The maximum Gasteiger partial charge on any atom is 0.338 e. The van der Waals surface area contributed by atoms with Crippen LogP contribution in [0.2, 0.25) is 0 Å². The maximum atomic E-state index is 13.3. The lowest BCUT2D eigenvalue weighted by atomic mass is 10.1. The molecule has 3 N–H and O–H groups in total. The van der Waals surface area contributed by atoms with Gasteiger partial charge in [0.2, 0.25) is 0 Å². The Morgan fingerprint density at radius 2 is 2.05 bits per heavy atom. The molecule has 4 nitrogen and oxygen atoms in total. The van der Waals surface area contributed by atoms with E-state index in [1.54, 1.807) is 44.2 Å². The zero-order valence-corrected chi connectivity index (χ0v) is 11.9. The van der Waals surface area contributed by atoms with Gasteiger partial charge in [-0.1, -0.05) is 0 Å². The van der Waals surface area contributed by atoms with Gasteiger partial charge in [0, 0.05) is 5.69 Å². The quantitative estimate of drug-likeness (QED) is 0.666. The average molecular weight is 288 g/mol. The molecule has 2 rings (SSSR count). The highest BCUT2D eigenvalue weighted by atomic mass is 19.1. The summed E-state index contributed by atoms with van der Waals surface area (Å²) in [5, 5.41) is 3.08. The van der Waals surface area contributed by atoms with Gasteiger partial charge in [-0.05, 0) is 55.8 Å². The lowest BCUT2D eigenvalue weighted by Crippen LogP contribution is -2.06. The third-order valence-corrected chi connectivity index (χ3v) is 3.00. The van der Waals surface area contributed by atoms with Crippen molar-refractivity contribution in [1.82, 2.24) is 0 Å². The van der Waals surface area contributed by atoms with Crippen molar-refractivity contribution in [3.8, 4) is 0 Å². The normalized spacial score (nSPS) is 10.2. The SMILES string of the molecule is CCOC(=O)c1ccc(N)c(Nc2ccc(F)c(C)c2)c1. The fourth-order valence-corrected chi connectivity index (χ4v) is 1.88. The van der Waals surface area contributed by atoms with E-state index in [1.165, 1.54) is 6.07 Å². The lowest BCUT2D eigenvalue weighted by molar-refractivity contribution is 0.0526. The van der Waals surface area contributed by atoms with Crippen molar-refractivity contribution in [1.29, 1.82) is 0 Å². The molecular weight excluding hydrogens is 271 g/mol. The summed E-state index contributed by atoms with van der Waals surface area (Å²) in [6.07, 6.45) is 0. The molecule has 0 saturated carbocycles. The van der Waals surface area contributed by atoms with Gasteiger partial charge >= 0.3 is 5.97 Å². The van der Waals surface area contributed by atoms with Crippen LogP contribution in [-0.4, -0.2) is 12.6 Å². The highest BCUT2D eigenvalue weighted by Gasteiger charge is 2.10. The summed E-state index contributed by atoms with van der Waals surface area (Å²) in [5.74, 6) is -0.676. The minimum absolute atomic E-state index is 0.270. The van der Waals surface area contributed by atoms with Crippen LogP contribution in [0.3, 0.4) is 0 Å². The second kappa shape index (κ2) is 6.26. The molecule has 0 atom stereocenters. The fraction of sp³-hybridized carbons (Fsp3) is 0.188. The number of benzene rings is 2. The molecule has 21 heavy (non-hydrogen) atoms. The monoisotopic (exact) mass is 288 g/mol. The number of hydrogen-bond donors (Lipinski definition) is 2.